The molecule has 1 amide bonds. The van der Waals surface area contributed by atoms with Crippen LogP contribution in [-0.4, -0.2) is 15.9 Å². The van der Waals surface area contributed by atoms with Crippen molar-refractivity contribution in [2.24, 2.45) is 0 Å². The molecule has 4 aromatic heterocycles. The molecular weight excluding hydrogens is 380 g/mol. The lowest BCUT2D eigenvalue weighted by atomic mass is 10.0. The van der Waals surface area contributed by atoms with Crippen LogP contribution in [0.4, 0.5) is 17.2 Å². The molecule has 4 aromatic rings. The van der Waals surface area contributed by atoms with Crippen molar-refractivity contribution in [2.75, 3.05) is 16.8 Å². The Hall–Kier alpha value is -3.48. The summed E-state index contributed by atoms with van der Waals surface area (Å²) in [7, 11) is 0. The molecule has 0 radical (unpaired) electrons. The molecule has 0 fully saturated rings. The predicted molar refractivity (Wildman–Crippen MR) is 109 cm³/mol. The van der Waals surface area contributed by atoms with E-state index in [-0.39, 0.29) is 23.0 Å². The Morgan fingerprint density at radius 1 is 1.26 bits per heavy atom. The first-order valence-electron chi connectivity index (χ1n) is 7.77. The van der Waals surface area contributed by atoms with Crippen LogP contribution < -0.4 is 16.8 Å². The first kappa shape index (κ1) is 17.0. The zero-order chi connectivity index (χ0) is 19.0. The Morgan fingerprint density at radius 3 is 2.78 bits per heavy atom. The lowest BCUT2D eigenvalue weighted by molar-refractivity contribution is 0.103. The summed E-state index contributed by atoms with van der Waals surface area (Å²) in [6.07, 6.45) is 3.16. The van der Waals surface area contributed by atoms with Gasteiger partial charge in [-0.15, -0.1) is 22.7 Å². The standard InChI is InChI=1S/C18H12N6OS2/c19-7-10-12(11-4-2-6-26-11)13-14(20)15(27-18(13)24-16(10)21)17(25)23-9-3-1-5-22-8-9/h1-6,8H,20H2,(H2,21,24)(H,23,25). The Balaban J connectivity index is 1.91. The van der Waals surface area contributed by atoms with Gasteiger partial charge >= 0.3 is 0 Å². The van der Waals surface area contributed by atoms with Crippen molar-refractivity contribution in [1.82, 2.24) is 9.97 Å². The van der Waals surface area contributed by atoms with Gasteiger partial charge in [-0.3, -0.25) is 9.78 Å². The van der Waals surface area contributed by atoms with Gasteiger partial charge in [0.25, 0.3) is 5.91 Å². The maximum Gasteiger partial charge on any atom is 0.267 e. The highest BCUT2D eigenvalue weighted by molar-refractivity contribution is 7.21. The summed E-state index contributed by atoms with van der Waals surface area (Å²) in [6, 6.07) is 9.32. The van der Waals surface area contributed by atoms with E-state index in [2.05, 4.69) is 21.4 Å². The average molecular weight is 392 g/mol. The number of thiophene rings is 2. The normalized spacial score (nSPS) is 10.6. The Labute approximate surface area is 161 Å². The van der Waals surface area contributed by atoms with Crippen molar-refractivity contribution < 1.29 is 4.79 Å². The fourth-order valence-corrected chi connectivity index (χ4v) is 4.53. The number of nitrogens with two attached hydrogens (primary N) is 2. The van der Waals surface area contributed by atoms with Gasteiger partial charge in [0.15, 0.2) is 0 Å². The van der Waals surface area contributed by atoms with Crippen LogP contribution >= 0.6 is 22.7 Å². The third-order valence-electron chi connectivity index (χ3n) is 3.91. The van der Waals surface area contributed by atoms with Crippen molar-refractivity contribution >= 4 is 56.0 Å². The molecule has 5 N–H and O–H groups in total. The van der Waals surface area contributed by atoms with E-state index in [4.69, 9.17) is 11.5 Å². The van der Waals surface area contributed by atoms with Crippen LogP contribution in [0.2, 0.25) is 0 Å². The summed E-state index contributed by atoms with van der Waals surface area (Å²) in [5.41, 5.74) is 14.0. The predicted octanol–water partition coefficient (Wildman–Crippen LogP) is 3.71. The lowest BCUT2D eigenvalue weighted by Crippen LogP contribution is -2.12. The number of anilines is 3. The fraction of sp³-hybridized carbons (Fsp3) is 0. The smallest absolute Gasteiger partial charge is 0.267 e. The first-order chi connectivity index (χ1) is 13.1. The number of rotatable bonds is 3. The third-order valence-corrected chi connectivity index (χ3v) is 5.90. The molecule has 7 nitrogen and oxygen atoms in total. The van der Waals surface area contributed by atoms with Crippen LogP contribution in [0.25, 0.3) is 20.7 Å². The maximum absolute atomic E-state index is 12.7. The highest BCUT2D eigenvalue weighted by atomic mass is 32.1. The number of amides is 1. The van der Waals surface area contributed by atoms with Crippen LogP contribution in [0.15, 0.2) is 42.0 Å². The minimum atomic E-state index is -0.363. The minimum Gasteiger partial charge on any atom is -0.397 e. The van der Waals surface area contributed by atoms with Gasteiger partial charge in [-0.05, 0) is 23.6 Å². The summed E-state index contributed by atoms with van der Waals surface area (Å²) in [5.74, 6) is -0.244. The zero-order valence-corrected chi connectivity index (χ0v) is 15.4. The van der Waals surface area contributed by atoms with Crippen LogP contribution in [0.1, 0.15) is 15.2 Å². The van der Waals surface area contributed by atoms with Gasteiger partial charge in [0.1, 0.15) is 27.2 Å². The number of carbonyl (C=O) groups excluding carboxylic acids is 1. The number of nitrogens with one attached hydrogen (secondary N) is 1. The first-order valence-corrected chi connectivity index (χ1v) is 9.46. The number of nitrogen functional groups attached to an aromatic ring is 2. The molecule has 0 saturated heterocycles. The van der Waals surface area contributed by atoms with Gasteiger partial charge in [-0.2, -0.15) is 5.26 Å². The number of hydrogen-bond acceptors (Lipinski definition) is 8. The van der Waals surface area contributed by atoms with Gasteiger partial charge < -0.3 is 16.8 Å². The van der Waals surface area contributed by atoms with Crippen LogP contribution in [0.5, 0.6) is 0 Å². The molecule has 0 unspecified atom stereocenters. The Kier molecular flexibility index (Phi) is 4.19. The summed E-state index contributed by atoms with van der Waals surface area (Å²) < 4.78 is 0. The molecule has 132 valence electrons. The number of nitriles is 1. The zero-order valence-electron chi connectivity index (χ0n) is 13.8. The van der Waals surface area contributed by atoms with Crippen molar-refractivity contribution in [3.05, 3.63) is 52.5 Å². The molecule has 0 aliphatic heterocycles. The van der Waals surface area contributed by atoms with Crippen molar-refractivity contribution in [3.8, 4) is 16.5 Å². The fourth-order valence-electron chi connectivity index (χ4n) is 2.74. The molecule has 27 heavy (non-hydrogen) atoms. The summed E-state index contributed by atoms with van der Waals surface area (Å²) in [5, 5.41) is 14.8. The average Bonchev–Trinajstić information content (AvgIpc) is 3.30. The second-order valence-electron chi connectivity index (χ2n) is 5.56. The van der Waals surface area contributed by atoms with Crippen molar-refractivity contribution in [2.45, 2.75) is 0 Å². The molecule has 4 heterocycles. The van der Waals surface area contributed by atoms with Crippen LogP contribution in [-0.2, 0) is 0 Å². The number of pyridine rings is 2. The Bertz CT molecular complexity index is 1190. The molecular formula is C18H12N6OS2. The van der Waals surface area contributed by atoms with Gasteiger partial charge in [0.2, 0.25) is 0 Å². The van der Waals surface area contributed by atoms with Gasteiger partial charge in [-0.25, -0.2) is 4.98 Å². The number of nitrogens with zero attached hydrogens (tertiary/aromatic N) is 3. The van der Waals surface area contributed by atoms with Crippen molar-refractivity contribution in [3.63, 3.8) is 0 Å². The van der Waals surface area contributed by atoms with E-state index >= 15 is 0 Å². The number of fused-ring (bicyclic) bond motifs is 1. The van der Waals surface area contributed by atoms with E-state index in [9.17, 15) is 10.1 Å². The molecule has 0 aromatic carbocycles. The van der Waals surface area contributed by atoms with E-state index in [1.54, 1.807) is 24.5 Å². The molecule has 0 aliphatic carbocycles. The van der Waals surface area contributed by atoms with Gasteiger partial charge in [0.05, 0.1) is 17.6 Å². The highest BCUT2D eigenvalue weighted by Crippen LogP contribution is 2.43. The second-order valence-corrected chi connectivity index (χ2v) is 7.50. The van der Waals surface area contributed by atoms with Crippen LogP contribution in [0, 0.1) is 11.3 Å². The van der Waals surface area contributed by atoms with E-state index in [0.717, 1.165) is 16.2 Å². The lowest BCUT2D eigenvalue weighted by Gasteiger charge is -2.07. The summed E-state index contributed by atoms with van der Waals surface area (Å²) >= 11 is 2.61. The molecule has 0 atom stereocenters. The SMILES string of the molecule is N#Cc1c(N)nc2sc(C(=O)Nc3cccnc3)c(N)c2c1-c1cccs1. The van der Waals surface area contributed by atoms with Crippen molar-refractivity contribution in [1.29, 1.82) is 5.26 Å². The largest absolute Gasteiger partial charge is 0.397 e. The Morgan fingerprint density at radius 2 is 2.11 bits per heavy atom. The van der Waals surface area contributed by atoms with E-state index in [1.165, 1.54) is 11.3 Å². The summed E-state index contributed by atoms with van der Waals surface area (Å²) in [6.45, 7) is 0. The van der Waals surface area contributed by atoms with Gasteiger partial charge in [-0.1, -0.05) is 6.07 Å². The number of hydrogen-bond donors (Lipinski definition) is 3. The number of aromatic nitrogens is 2. The quantitative estimate of drug-likeness (QED) is 0.487. The second kappa shape index (κ2) is 6.68. The topological polar surface area (TPSA) is 131 Å². The van der Waals surface area contributed by atoms with E-state index in [0.29, 0.717) is 26.3 Å². The molecule has 0 aliphatic rings. The van der Waals surface area contributed by atoms with E-state index in [1.807, 2.05) is 17.5 Å². The summed E-state index contributed by atoms with van der Waals surface area (Å²) in [4.78, 5) is 22.7. The molecule has 0 bridgehead atoms. The molecule has 0 saturated carbocycles. The van der Waals surface area contributed by atoms with E-state index < -0.39 is 0 Å². The molecule has 4 rings (SSSR count). The maximum atomic E-state index is 12.7. The molecule has 9 heteroatoms. The third kappa shape index (κ3) is 2.87. The van der Waals surface area contributed by atoms with Gasteiger partial charge in [0, 0.05) is 22.0 Å². The number of carbonyl (C=O) groups is 1. The monoisotopic (exact) mass is 392 g/mol. The molecule has 0 spiro atoms. The highest BCUT2D eigenvalue weighted by Gasteiger charge is 2.24. The minimum absolute atomic E-state index is 0.119. The van der Waals surface area contributed by atoms with Crippen LogP contribution in [0.3, 0.4) is 0 Å².